The molecule has 7 nitrogen and oxygen atoms in total. The number of carbonyl (C=O) groups is 2. The van der Waals surface area contributed by atoms with Crippen LogP contribution in [0, 0.1) is 5.92 Å². The van der Waals surface area contributed by atoms with Crippen LogP contribution in [0.4, 0.5) is 10.5 Å². The third kappa shape index (κ3) is 3.22. The average molecular weight is 252 g/mol. The number of amides is 2. The zero-order valence-corrected chi connectivity index (χ0v) is 9.93. The van der Waals surface area contributed by atoms with E-state index in [2.05, 4.69) is 15.5 Å². The molecule has 0 radical (unpaired) electrons. The Morgan fingerprint density at radius 3 is 3.11 bits per heavy atom. The second kappa shape index (κ2) is 5.52. The van der Waals surface area contributed by atoms with Crippen molar-refractivity contribution in [1.29, 1.82) is 0 Å². The Labute approximate surface area is 104 Å². The first-order chi connectivity index (χ1) is 8.65. The Morgan fingerprint density at radius 2 is 2.44 bits per heavy atom. The van der Waals surface area contributed by atoms with E-state index in [-0.39, 0.29) is 18.4 Å². The van der Waals surface area contributed by atoms with Gasteiger partial charge in [-0.05, 0) is 18.8 Å². The van der Waals surface area contributed by atoms with Gasteiger partial charge in [-0.15, -0.1) is 0 Å². The van der Waals surface area contributed by atoms with Crippen molar-refractivity contribution in [1.82, 2.24) is 15.1 Å². The second-order valence-corrected chi connectivity index (χ2v) is 4.47. The minimum absolute atomic E-state index is 0.0475. The number of carboxylic acid groups (broad SMARTS) is 1. The van der Waals surface area contributed by atoms with Crippen molar-refractivity contribution < 1.29 is 14.7 Å². The average Bonchev–Trinajstić information content (AvgIpc) is 2.81. The Bertz CT molecular complexity index is 418. The quantitative estimate of drug-likeness (QED) is 0.751. The molecule has 0 aliphatic carbocycles. The number of rotatable bonds is 3. The highest BCUT2D eigenvalue weighted by Gasteiger charge is 2.25. The van der Waals surface area contributed by atoms with Crippen molar-refractivity contribution in [3.8, 4) is 0 Å². The highest BCUT2D eigenvalue weighted by Crippen LogP contribution is 2.20. The predicted molar refractivity (Wildman–Crippen MR) is 64.2 cm³/mol. The fourth-order valence-electron chi connectivity index (χ4n) is 2.18. The Kier molecular flexibility index (Phi) is 3.81. The number of nitrogens with zero attached hydrogens (tertiary/aromatic N) is 2. The fourth-order valence-corrected chi connectivity index (χ4v) is 2.18. The molecule has 1 fully saturated rings. The highest BCUT2D eigenvalue weighted by atomic mass is 16.4. The largest absolute Gasteiger partial charge is 0.481 e. The molecule has 7 heteroatoms. The number of hydrogen-bond acceptors (Lipinski definition) is 3. The van der Waals surface area contributed by atoms with E-state index in [0.29, 0.717) is 18.8 Å². The summed E-state index contributed by atoms with van der Waals surface area (Å²) in [6.07, 6.45) is 4.95. The van der Waals surface area contributed by atoms with Crippen LogP contribution in [0.5, 0.6) is 0 Å². The molecule has 3 N–H and O–H groups in total. The number of aromatic amines is 1. The Hall–Kier alpha value is -2.05. The van der Waals surface area contributed by atoms with Gasteiger partial charge >= 0.3 is 12.0 Å². The minimum Gasteiger partial charge on any atom is -0.481 e. The molecular weight excluding hydrogens is 236 g/mol. The molecule has 0 spiro atoms. The third-order valence-corrected chi connectivity index (χ3v) is 3.02. The molecule has 18 heavy (non-hydrogen) atoms. The normalized spacial score (nSPS) is 19.6. The number of urea groups is 1. The van der Waals surface area contributed by atoms with Crippen molar-refractivity contribution >= 4 is 17.7 Å². The van der Waals surface area contributed by atoms with E-state index in [1.54, 1.807) is 11.1 Å². The van der Waals surface area contributed by atoms with Crippen LogP contribution >= 0.6 is 0 Å². The lowest BCUT2D eigenvalue weighted by atomic mass is 9.95. The van der Waals surface area contributed by atoms with Gasteiger partial charge in [-0.25, -0.2) is 4.79 Å². The predicted octanol–water partition coefficient (Wildman–Crippen LogP) is 1.13. The number of aromatic nitrogens is 2. The summed E-state index contributed by atoms with van der Waals surface area (Å²) in [5, 5.41) is 17.8. The van der Waals surface area contributed by atoms with Gasteiger partial charge in [0.1, 0.15) is 0 Å². The lowest BCUT2D eigenvalue weighted by molar-refractivity contribution is -0.138. The zero-order chi connectivity index (χ0) is 13.0. The van der Waals surface area contributed by atoms with E-state index in [9.17, 15) is 9.59 Å². The lowest BCUT2D eigenvalue weighted by Crippen LogP contribution is -2.42. The fraction of sp³-hybridized carbons (Fsp3) is 0.545. The molecule has 1 saturated heterocycles. The highest BCUT2D eigenvalue weighted by molar-refractivity contribution is 5.89. The van der Waals surface area contributed by atoms with E-state index in [4.69, 9.17) is 5.11 Å². The molecule has 0 bridgehead atoms. The van der Waals surface area contributed by atoms with Crippen LogP contribution in [0.1, 0.15) is 19.3 Å². The molecule has 1 aliphatic rings. The van der Waals surface area contributed by atoms with Gasteiger partial charge in [0, 0.05) is 25.7 Å². The van der Waals surface area contributed by atoms with Crippen LogP contribution in [0.15, 0.2) is 12.4 Å². The van der Waals surface area contributed by atoms with Gasteiger partial charge in [0.15, 0.2) is 0 Å². The maximum absolute atomic E-state index is 11.9. The molecular formula is C11H16N4O3. The summed E-state index contributed by atoms with van der Waals surface area (Å²) in [5.41, 5.74) is 0.611. The van der Waals surface area contributed by atoms with Gasteiger partial charge in [0.05, 0.1) is 11.9 Å². The van der Waals surface area contributed by atoms with E-state index >= 15 is 0 Å². The standard InChI is InChI=1S/C11H16N4O3/c16-10(17)4-8-2-1-3-15(7-8)11(18)14-9-5-12-13-6-9/h5-6,8H,1-4,7H2,(H,12,13)(H,14,18)(H,16,17). The summed E-state index contributed by atoms with van der Waals surface area (Å²) in [6.45, 7) is 1.16. The molecule has 1 aromatic heterocycles. The van der Waals surface area contributed by atoms with Crippen LogP contribution < -0.4 is 5.32 Å². The third-order valence-electron chi connectivity index (χ3n) is 3.02. The van der Waals surface area contributed by atoms with Gasteiger partial charge in [-0.1, -0.05) is 0 Å². The van der Waals surface area contributed by atoms with E-state index in [1.807, 2.05) is 0 Å². The van der Waals surface area contributed by atoms with Crippen LogP contribution in [0.3, 0.4) is 0 Å². The molecule has 2 rings (SSSR count). The summed E-state index contributed by atoms with van der Waals surface area (Å²) in [7, 11) is 0. The van der Waals surface area contributed by atoms with E-state index < -0.39 is 5.97 Å². The SMILES string of the molecule is O=C(O)CC1CCCN(C(=O)Nc2cn[nH]c2)C1. The van der Waals surface area contributed by atoms with Gasteiger partial charge in [-0.2, -0.15) is 5.10 Å². The minimum atomic E-state index is -0.808. The summed E-state index contributed by atoms with van der Waals surface area (Å²) in [6, 6.07) is -0.202. The van der Waals surface area contributed by atoms with E-state index in [0.717, 1.165) is 12.8 Å². The summed E-state index contributed by atoms with van der Waals surface area (Å²) in [4.78, 5) is 24.2. The summed E-state index contributed by atoms with van der Waals surface area (Å²) >= 11 is 0. The van der Waals surface area contributed by atoms with Gasteiger partial charge in [0.25, 0.3) is 0 Å². The zero-order valence-electron chi connectivity index (χ0n) is 9.93. The van der Waals surface area contributed by atoms with Crippen molar-refractivity contribution in [2.24, 2.45) is 5.92 Å². The van der Waals surface area contributed by atoms with Crippen LogP contribution in [0.2, 0.25) is 0 Å². The van der Waals surface area contributed by atoms with Crippen molar-refractivity contribution in [2.45, 2.75) is 19.3 Å². The molecule has 1 unspecified atom stereocenters. The number of carboxylic acids is 1. The first-order valence-corrected chi connectivity index (χ1v) is 5.91. The van der Waals surface area contributed by atoms with Crippen LogP contribution in [0.25, 0.3) is 0 Å². The number of carbonyl (C=O) groups excluding carboxylic acids is 1. The molecule has 98 valence electrons. The molecule has 0 aromatic carbocycles. The number of nitrogens with one attached hydrogen (secondary N) is 2. The Morgan fingerprint density at radius 1 is 1.61 bits per heavy atom. The number of anilines is 1. The summed E-state index contributed by atoms with van der Waals surface area (Å²) in [5.74, 6) is -0.761. The Balaban J connectivity index is 1.88. The molecule has 1 aromatic rings. The molecule has 1 aliphatic heterocycles. The summed E-state index contributed by atoms with van der Waals surface area (Å²) < 4.78 is 0. The van der Waals surface area contributed by atoms with Gasteiger partial charge < -0.3 is 15.3 Å². The van der Waals surface area contributed by atoms with Crippen molar-refractivity contribution in [3.63, 3.8) is 0 Å². The molecule has 2 heterocycles. The number of likely N-dealkylation sites (tertiary alicyclic amines) is 1. The topological polar surface area (TPSA) is 98.3 Å². The lowest BCUT2D eigenvalue weighted by Gasteiger charge is -2.31. The monoisotopic (exact) mass is 252 g/mol. The molecule has 2 amide bonds. The van der Waals surface area contributed by atoms with Gasteiger partial charge in [-0.3, -0.25) is 9.89 Å². The smallest absolute Gasteiger partial charge is 0.321 e. The van der Waals surface area contributed by atoms with Crippen LogP contribution in [-0.4, -0.2) is 45.3 Å². The number of hydrogen-bond donors (Lipinski definition) is 3. The maximum atomic E-state index is 11.9. The number of aliphatic carboxylic acids is 1. The molecule has 0 saturated carbocycles. The van der Waals surface area contributed by atoms with Gasteiger partial charge in [0.2, 0.25) is 0 Å². The second-order valence-electron chi connectivity index (χ2n) is 4.47. The maximum Gasteiger partial charge on any atom is 0.321 e. The van der Waals surface area contributed by atoms with E-state index in [1.165, 1.54) is 6.20 Å². The van der Waals surface area contributed by atoms with Crippen molar-refractivity contribution in [2.75, 3.05) is 18.4 Å². The van der Waals surface area contributed by atoms with Crippen molar-refractivity contribution in [3.05, 3.63) is 12.4 Å². The number of piperidine rings is 1. The molecule has 1 atom stereocenters. The van der Waals surface area contributed by atoms with Crippen LogP contribution in [-0.2, 0) is 4.79 Å². The first kappa shape index (κ1) is 12.4. The first-order valence-electron chi connectivity index (χ1n) is 5.91. The number of H-pyrrole nitrogens is 1.